The molecule has 2 aromatic rings. The lowest BCUT2D eigenvalue weighted by atomic mass is 10.2. The Morgan fingerprint density at radius 3 is 2.61 bits per heavy atom. The molecule has 0 atom stereocenters. The van der Waals surface area contributed by atoms with E-state index >= 15 is 0 Å². The molecule has 5 heteroatoms. The molecule has 1 aromatic heterocycles. The van der Waals surface area contributed by atoms with E-state index in [0.29, 0.717) is 15.6 Å². The molecule has 0 saturated carbocycles. The number of hydrogen-bond acceptors (Lipinski definition) is 4. The minimum Gasteiger partial charge on any atom is -0.457 e. The average Bonchev–Trinajstić information content (AvgIpc) is 2.69. The highest BCUT2D eigenvalue weighted by Gasteiger charge is 2.12. The maximum Gasteiger partial charge on any atom is 0.348 e. The third-order valence-corrected chi connectivity index (χ3v) is 3.74. The van der Waals surface area contributed by atoms with Gasteiger partial charge in [0.15, 0.2) is 0 Å². The van der Waals surface area contributed by atoms with E-state index in [9.17, 15) is 4.79 Å². The highest BCUT2D eigenvalue weighted by atomic mass is 35.5. The number of anilines is 1. The van der Waals surface area contributed by atoms with Crippen LogP contribution in [0.25, 0.3) is 0 Å². The van der Waals surface area contributed by atoms with E-state index in [-0.39, 0.29) is 12.6 Å². The molecule has 1 heterocycles. The molecule has 0 bridgehead atoms. The van der Waals surface area contributed by atoms with Crippen molar-refractivity contribution in [3.05, 3.63) is 50.7 Å². The number of nitrogen functional groups attached to an aromatic ring is 1. The first-order valence-corrected chi connectivity index (χ1v) is 6.53. The summed E-state index contributed by atoms with van der Waals surface area (Å²) in [6.07, 6.45) is 0. The van der Waals surface area contributed by atoms with Crippen LogP contribution in [0.2, 0.25) is 5.02 Å². The molecule has 18 heavy (non-hydrogen) atoms. The molecule has 0 radical (unpaired) electrons. The lowest BCUT2D eigenvalue weighted by molar-refractivity contribution is 0.0478. The van der Waals surface area contributed by atoms with Crippen molar-refractivity contribution in [2.24, 2.45) is 0 Å². The van der Waals surface area contributed by atoms with Crippen molar-refractivity contribution in [1.29, 1.82) is 0 Å². The van der Waals surface area contributed by atoms with E-state index in [1.54, 1.807) is 18.2 Å². The van der Waals surface area contributed by atoms with E-state index in [1.165, 1.54) is 11.3 Å². The van der Waals surface area contributed by atoms with Crippen molar-refractivity contribution < 1.29 is 9.53 Å². The molecule has 0 saturated heterocycles. The van der Waals surface area contributed by atoms with Gasteiger partial charge in [-0.15, -0.1) is 11.3 Å². The summed E-state index contributed by atoms with van der Waals surface area (Å²) in [7, 11) is 0. The largest absolute Gasteiger partial charge is 0.457 e. The van der Waals surface area contributed by atoms with Crippen molar-refractivity contribution in [2.45, 2.75) is 13.5 Å². The van der Waals surface area contributed by atoms with Gasteiger partial charge in [0.1, 0.15) is 11.5 Å². The van der Waals surface area contributed by atoms with Crippen LogP contribution in [0.1, 0.15) is 20.1 Å². The van der Waals surface area contributed by atoms with Gasteiger partial charge in [-0.1, -0.05) is 23.7 Å². The van der Waals surface area contributed by atoms with Gasteiger partial charge >= 0.3 is 5.97 Å². The van der Waals surface area contributed by atoms with Gasteiger partial charge in [0.2, 0.25) is 0 Å². The van der Waals surface area contributed by atoms with Crippen LogP contribution in [-0.2, 0) is 11.3 Å². The van der Waals surface area contributed by atoms with E-state index in [2.05, 4.69) is 0 Å². The number of ether oxygens (including phenoxy) is 1. The number of carbonyl (C=O) groups is 1. The highest BCUT2D eigenvalue weighted by Crippen LogP contribution is 2.24. The summed E-state index contributed by atoms with van der Waals surface area (Å²) in [4.78, 5) is 13.2. The molecule has 0 spiro atoms. The Labute approximate surface area is 114 Å². The topological polar surface area (TPSA) is 52.3 Å². The predicted molar refractivity (Wildman–Crippen MR) is 74.0 cm³/mol. The van der Waals surface area contributed by atoms with Crippen LogP contribution in [0.3, 0.4) is 0 Å². The number of rotatable bonds is 3. The van der Waals surface area contributed by atoms with Crippen molar-refractivity contribution in [1.82, 2.24) is 0 Å². The maximum atomic E-state index is 11.8. The van der Waals surface area contributed by atoms with Gasteiger partial charge in [0.05, 0.1) is 0 Å². The highest BCUT2D eigenvalue weighted by molar-refractivity contribution is 7.14. The van der Waals surface area contributed by atoms with Crippen LogP contribution in [-0.4, -0.2) is 5.97 Å². The lowest BCUT2D eigenvalue weighted by Crippen LogP contribution is -2.03. The molecule has 2 N–H and O–H groups in total. The lowest BCUT2D eigenvalue weighted by Gasteiger charge is -2.03. The monoisotopic (exact) mass is 281 g/mol. The fourth-order valence-electron chi connectivity index (χ4n) is 1.40. The Morgan fingerprint density at radius 1 is 1.39 bits per heavy atom. The second-order valence-electron chi connectivity index (χ2n) is 3.82. The molecule has 0 aliphatic heterocycles. The minimum atomic E-state index is -0.352. The molecule has 2 rings (SSSR count). The van der Waals surface area contributed by atoms with Crippen LogP contribution in [0, 0.1) is 6.92 Å². The van der Waals surface area contributed by atoms with Gasteiger partial charge in [-0.3, -0.25) is 0 Å². The molecule has 94 valence electrons. The second-order valence-corrected chi connectivity index (χ2v) is 5.52. The molecule has 0 aliphatic carbocycles. The summed E-state index contributed by atoms with van der Waals surface area (Å²) in [6, 6.07) is 8.81. The van der Waals surface area contributed by atoms with Crippen LogP contribution in [0.15, 0.2) is 30.3 Å². The average molecular weight is 282 g/mol. The zero-order valence-corrected chi connectivity index (χ0v) is 11.3. The number of halogens is 1. The quantitative estimate of drug-likeness (QED) is 0.874. The first-order valence-electron chi connectivity index (χ1n) is 5.34. The Morgan fingerprint density at radius 2 is 2.06 bits per heavy atom. The zero-order chi connectivity index (χ0) is 13.1. The Bertz CT molecular complexity index is 543. The van der Waals surface area contributed by atoms with E-state index < -0.39 is 0 Å². The van der Waals surface area contributed by atoms with E-state index in [1.807, 2.05) is 19.1 Å². The summed E-state index contributed by atoms with van der Waals surface area (Å²) in [5.41, 5.74) is 7.21. The maximum absolute atomic E-state index is 11.8. The number of aryl methyl sites for hydroxylation is 1. The Kier molecular flexibility index (Phi) is 3.89. The smallest absolute Gasteiger partial charge is 0.348 e. The number of benzene rings is 1. The van der Waals surface area contributed by atoms with E-state index in [0.717, 1.165) is 10.4 Å². The van der Waals surface area contributed by atoms with Gasteiger partial charge in [0, 0.05) is 15.6 Å². The van der Waals surface area contributed by atoms with Gasteiger partial charge in [-0.25, -0.2) is 4.79 Å². The Balaban J connectivity index is 1.98. The zero-order valence-electron chi connectivity index (χ0n) is 9.77. The third-order valence-electron chi connectivity index (χ3n) is 2.44. The third kappa shape index (κ3) is 3.03. The number of carbonyl (C=O) groups excluding carboxylic acids is 1. The van der Waals surface area contributed by atoms with Crippen molar-refractivity contribution in [3.8, 4) is 0 Å². The van der Waals surface area contributed by atoms with Crippen LogP contribution >= 0.6 is 22.9 Å². The van der Waals surface area contributed by atoms with Crippen molar-refractivity contribution in [3.63, 3.8) is 0 Å². The molecule has 0 amide bonds. The number of hydrogen-bond donors (Lipinski definition) is 1. The molecule has 1 aromatic carbocycles. The van der Waals surface area contributed by atoms with Crippen LogP contribution in [0.4, 0.5) is 5.69 Å². The summed E-state index contributed by atoms with van der Waals surface area (Å²) in [6.45, 7) is 2.10. The first kappa shape index (κ1) is 12.9. The van der Waals surface area contributed by atoms with Gasteiger partial charge in [-0.05, 0) is 30.7 Å². The molecule has 3 nitrogen and oxygen atoms in total. The molecular weight excluding hydrogens is 270 g/mol. The molecule has 0 fully saturated rings. The Hall–Kier alpha value is -1.52. The fourth-order valence-corrected chi connectivity index (χ4v) is 2.36. The molecular formula is C13H12ClNO2S. The standard InChI is InChI=1S/C13H12ClNO2S/c1-8-11(15)6-12(18-8)13(16)17-7-9-2-4-10(14)5-3-9/h2-6H,7,15H2,1H3. The van der Waals surface area contributed by atoms with Crippen LogP contribution < -0.4 is 5.73 Å². The van der Waals surface area contributed by atoms with Crippen molar-refractivity contribution >= 4 is 34.6 Å². The summed E-state index contributed by atoms with van der Waals surface area (Å²) in [5.74, 6) is -0.352. The predicted octanol–water partition coefficient (Wildman–Crippen LogP) is 3.65. The number of esters is 1. The summed E-state index contributed by atoms with van der Waals surface area (Å²) < 4.78 is 5.20. The number of thiophene rings is 1. The molecule has 0 unspecified atom stereocenters. The summed E-state index contributed by atoms with van der Waals surface area (Å²) >= 11 is 7.11. The number of nitrogens with two attached hydrogens (primary N) is 1. The van der Waals surface area contributed by atoms with Crippen molar-refractivity contribution in [2.75, 3.05) is 5.73 Å². The SMILES string of the molecule is Cc1sc(C(=O)OCc2ccc(Cl)cc2)cc1N. The molecule has 0 aliphatic rings. The minimum absolute atomic E-state index is 0.229. The first-order chi connectivity index (χ1) is 8.56. The normalized spacial score (nSPS) is 10.3. The van der Waals surface area contributed by atoms with Gasteiger partial charge in [-0.2, -0.15) is 0 Å². The van der Waals surface area contributed by atoms with Gasteiger partial charge in [0.25, 0.3) is 0 Å². The van der Waals surface area contributed by atoms with E-state index in [4.69, 9.17) is 22.1 Å². The second kappa shape index (κ2) is 5.42. The van der Waals surface area contributed by atoms with Crippen LogP contribution in [0.5, 0.6) is 0 Å². The van der Waals surface area contributed by atoms with Gasteiger partial charge < -0.3 is 10.5 Å². The summed E-state index contributed by atoms with van der Waals surface area (Å²) in [5, 5.41) is 0.659. The fraction of sp³-hybridized carbons (Fsp3) is 0.154.